The first-order valence-electron chi connectivity index (χ1n) is 5.02. The van der Waals surface area contributed by atoms with E-state index in [1.807, 2.05) is 6.07 Å². The Bertz CT molecular complexity index is 477. The lowest BCUT2D eigenvalue weighted by atomic mass is 10.0. The Kier molecular flexibility index (Phi) is 4.23. The summed E-state index contributed by atoms with van der Waals surface area (Å²) in [5.74, 6) is -1.49. The van der Waals surface area contributed by atoms with Gasteiger partial charge in [-0.3, -0.25) is 4.79 Å². The Balaban J connectivity index is 2.82. The minimum absolute atomic E-state index is 0.157. The topological polar surface area (TPSA) is 90.2 Å². The molecule has 1 unspecified atom stereocenters. The molecule has 17 heavy (non-hydrogen) atoms. The Morgan fingerprint density at radius 2 is 2.24 bits per heavy atom. The highest BCUT2D eigenvalue weighted by Crippen LogP contribution is 2.07. The molecule has 1 aromatic carbocycles. The van der Waals surface area contributed by atoms with E-state index in [2.05, 4.69) is 5.32 Å². The molecular formula is C12H12N2O3. The lowest BCUT2D eigenvalue weighted by Gasteiger charge is -2.13. The molecule has 0 bridgehead atoms. The minimum atomic E-state index is -1.09. The Morgan fingerprint density at radius 1 is 1.53 bits per heavy atom. The van der Waals surface area contributed by atoms with E-state index in [1.165, 1.54) is 6.92 Å². The third-order valence-electron chi connectivity index (χ3n) is 2.17. The highest BCUT2D eigenvalue weighted by atomic mass is 16.4. The highest BCUT2D eigenvalue weighted by Gasteiger charge is 2.18. The molecule has 0 aliphatic rings. The van der Waals surface area contributed by atoms with Crippen LogP contribution in [-0.2, 0) is 16.0 Å². The number of aliphatic carboxylic acids is 1. The second-order valence-electron chi connectivity index (χ2n) is 3.61. The maximum absolute atomic E-state index is 10.9. The maximum Gasteiger partial charge on any atom is 0.326 e. The fourth-order valence-electron chi connectivity index (χ4n) is 1.45. The first-order chi connectivity index (χ1) is 8.02. The van der Waals surface area contributed by atoms with Gasteiger partial charge in [0.2, 0.25) is 5.91 Å². The van der Waals surface area contributed by atoms with Crippen molar-refractivity contribution < 1.29 is 14.7 Å². The molecule has 0 fully saturated rings. The molecule has 0 heterocycles. The standard InChI is InChI=1S/C12H12N2O3/c1-8(15)14-11(12(16)17)6-9-3-2-4-10(5-9)7-13/h2-5,11H,6H2,1H3,(H,14,15)(H,16,17). The zero-order chi connectivity index (χ0) is 12.8. The van der Waals surface area contributed by atoms with Crippen LogP contribution in [0, 0.1) is 11.3 Å². The number of carbonyl (C=O) groups excluding carboxylic acids is 1. The van der Waals surface area contributed by atoms with E-state index >= 15 is 0 Å². The maximum atomic E-state index is 10.9. The smallest absolute Gasteiger partial charge is 0.326 e. The molecule has 0 radical (unpaired) electrons. The molecule has 0 aliphatic carbocycles. The van der Waals surface area contributed by atoms with Crippen molar-refractivity contribution in [1.82, 2.24) is 5.32 Å². The summed E-state index contributed by atoms with van der Waals surface area (Å²) in [4.78, 5) is 21.8. The van der Waals surface area contributed by atoms with Gasteiger partial charge in [0.1, 0.15) is 6.04 Å². The summed E-state index contributed by atoms with van der Waals surface area (Å²) in [6.07, 6.45) is 0.157. The number of carboxylic acid groups (broad SMARTS) is 1. The fourth-order valence-corrected chi connectivity index (χ4v) is 1.45. The van der Waals surface area contributed by atoms with Crippen molar-refractivity contribution in [2.45, 2.75) is 19.4 Å². The molecule has 0 saturated carbocycles. The number of hydrogen-bond donors (Lipinski definition) is 2. The number of carboxylic acids is 1. The second kappa shape index (κ2) is 5.66. The fraction of sp³-hybridized carbons (Fsp3) is 0.250. The number of nitriles is 1. The van der Waals surface area contributed by atoms with Crippen LogP contribution in [0.5, 0.6) is 0 Å². The number of benzene rings is 1. The zero-order valence-electron chi connectivity index (χ0n) is 9.30. The number of amides is 1. The third kappa shape index (κ3) is 3.95. The second-order valence-corrected chi connectivity index (χ2v) is 3.61. The van der Waals surface area contributed by atoms with Gasteiger partial charge in [0.15, 0.2) is 0 Å². The van der Waals surface area contributed by atoms with Crippen LogP contribution in [-0.4, -0.2) is 23.0 Å². The van der Waals surface area contributed by atoms with Crippen LogP contribution in [0.25, 0.3) is 0 Å². The summed E-state index contributed by atoms with van der Waals surface area (Å²) in [6, 6.07) is 7.65. The van der Waals surface area contributed by atoms with E-state index in [-0.39, 0.29) is 6.42 Å². The van der Waals surface area contributed by atoms with E-state index in [4.69, 9.17) is 10.4 Å². The number of nitrogens with zero attached hydrogens (tertiary/aromatic N) is 1. The largest absolute Gasteiger partial charge is 0.480 e. The van der Waals surface area contributed by atoms with Crippen molar-refractivity contribution in [2.24, 2.45) is 0 Å². The number of hydrogen-bond acceptors (Lipinski definition) is 3. The summed E-state index contributed by atoms with van der Waals surface area (Å²) in [5, 5.41) is 20.0. The molecule has 5 nitrogen and oxygen atoms in total. The van der Waals surface area contributed by atoms with Gasteiger partial charge in [-0.2, -0.15) is 5.26 Å². The molecule has 0 aliphatic heterocycles. The van der Waals surface area contributed by atoms with Crippen LogP contribution in [0.4, 0.5) is 0 Å². The van der Waals surface area contributed by atoms with Crippen molar-refractivity contribution >= 4 is 11.9 Å². The SMILES string of the molecule is CC(=O)NC(Cc1cccc(C#N)c1)C(=O)O. The Morgan fingerprint density at radius 3 is 2.76 bits per heavy atom. The van der Waals surface area contributed by atoms with Gasteiger partial charge in [0.05, 0.1) is 11.6 Å². The number of rotatable bonds is 4. The molecule has 0 saturated heterocycles. The van der Waals surface area contributed by atoms with Crippen molar-refractivity contribution in [1.29, 1.82) is 5.26 Å². The van der Waals surface area contributed by atoms with Gasteiger partial charge in [0.25, 0.3) is 0 Å². The van der Waals surface area contributed by atoms with Gasteiger partial charge in [-0.25, -0.2) is 4.79 Å². The van der Waals surface area contributed by atoms with Crippen LogP contribution in [0.3, 0.4) is 0 Å². The molecule has 2 N–H and O–H groups in total. The van der Waals surface area contributed by atoms with Crippen molar-refractivity contribution in [3.8, 4) is 6.07 Å². The number of nitrogens with one attached hydrogen (secondary N) is 1. The highest BCUT2D eigenvalue weighted by molar-refractivity contribution is 5.82. The predicted molar refractivity (Wildman–Crippen MR) is 60.1 cm³/mol. The summed E-state index contributed by atoms with van der Waals surface area (Å²) >= 11 is 0. The molecule has 0 spiro atoms. The van der Waals surface area contributed by atoms with Crippen molar-refractivity contribution in [3.63, 3.8) is 0 Å². The van der Waals surface area contributed by atoms with E-state index in [0.29, 0.717) is 11.1 Å². The minimum Gasteiger partial charge on any atom is -0.480 e. The van der Waals surface area contributed by atoms with Crippen molar-refractivity contribution in [2.75, 3.05) is 0 Å². The van der Waals surface area contributed by atoms with Gasteiger partial charge >= 0.3 is 5.97 Å². The van der Waals surface area contributed by atoms with Crippen LogP contribution in [0.15, 0.2) is 24.3 Å². The van der Waals surface area contributed by atoms with E-state index < -0.39 is 17.9 Å². The van der Waals surface area contributed by atoms with E-state index in [1.54, 1.807) is 24.3 Å². The van der Waals surface area contributed by atoms with Gasteiger partial charge < -0.3 is 10.4 Å². The summed E-state index contributed by atoms with van der Waals surface area (Å²) < 4.78 is 0. The lowest BCUT2D eigenvalue weighted by Crippen LogP contribution is -2.41. The van der Waals surface area contributed by atoms with Crippen LogP contribution >= 0.6 is 0 Å². The summed E-state index contributed by atoms with van der Waals surface area (Å²) in [6.45, 7) is 1.27. The van der Waals surface area contributed by atoms with Gasteiger partial charge in [0, 0.05) is 13.3 Å². The monoisotopic (exact) mass is 232 g/mol. The molecule has 1 rings (SSSR count). The molecule has 1 aromatic rings. The molecule has 1 atom stereocenters. The molecule has 5 heteroatoms. The van der Waals surface area contributed by atoms with Crippen LogP contribution < -0.4 is 5.32 Å². The predicted octanol–water partition coefficient (Wildman–Crippen LogP) is 0.690. The van der Waals surface area contributed by atoms with Crippen molar-refractivity contribution in [3.05, 3.63) is 35.4 Å². The number of carbonyl (C=O) groups is 2. The average molecular weight is 232 g/mol. The third-order valence-corrected chi connectivity index (χ3v) is 2.17. The Hall–Kier alpha value is -2.35. The first kappa shape index (κ1) is 12.7. The summed E-state index contributed by atoms with van der Waals surface area (Å²) in [7, 11) is 0. The zero-order valence-corrected chi connectivity index (χ0v) is 9.30. The quantitative estimate of drug-likeness (QED) is 0.799. The van der Waals surface area contributed by atoms with Crippen LogP contribution in [0.1, 0.15) is 18.1 Å². The average Bonchev–Trinajstić information content (AvgIpc) is 2.27. The summed E-state index contributed by atoms with van der Waals surface area (Å²) in [5.41, 5.74) is 1.17. The Labute approximate surface area is 98.7 Å². The van der Waals surface area contributed by atoms with Gasteiger partial charge in [-0.1, -0.05) is 12.1 Å². The van der Waals surface area contributed by atoms with E-state index in [0.717, 1.165) is 0 Å². The molecule has 88 valence electrons. The van der Waals surface area contributed by atoms with E-state index in [9.17, 15) is 9.59 Å². The van der Waals surface area contributed by atoms with Gasteiger partial charge in [-0.15, -0.1) is 0 Å². The lowest BCUT2D eigenvalue weighted by molar-refractivity contribution is -0.141. The normalized spacial score (nSPS) is 11.3. The first-order valence-corrected chi connectivity index (χ1v) is 5.02. The molecular weight excluding hydrogens is 220 g/mol. The van der Waals surface area contributed by atoms with Gasteiger partial charge in [-0.05, 0) is 17.7 Å². The van der Waals surface area contributed by atoms with Crippen LogP contribution in [0.2, 0.25) is 0 Å². The molecule has 0 aromatic heterocycles. The molecule has 1 amide bonds.